The van der Waals surface area contributed by atoms with Crippen LogP contribution in [-0.4, -0.2) is 95.4 Å². The fourth-order valence-electron chi connectivity index (χ4n) is 3.71. The third kappa shape index (κ3) is 2.74. The molecule has 3 heterocycles. The van der Waals surface area contributed by atoms with E-state index in [4.69, 9.17) is 9.47 Å². The van der Waals surface area contributed by atoms with Crippen molar-refractivity contribution in [2.45, 2.75) is 61.2 Å². The molecule has 28 heavy (non-hydrogen) atoms. The number of hydrogen-bond donors (Lipinski definition) is 7. The predicted molar refractivity (Wildman–Crippen MR) is 85.7 cm³/mol. The van der Waals surface area contributed by atoms with E-state index in [9.17, 15) is 40.2 Å². The number of aliphatic hydroxyl groups is 6. The fraction of sp³-hybridized carbons (Fsp3) is 0.733. The van der Waals surface area contributed by atoms with Gasteiger partial charge in [-0.3, -0.25) is 14.3 Å². The highest BCUT2D eigenvalue weighted by molar-refractivity contribution is 5.14. The van der Waals surface area contributed by atoms with Crippen molar-refractivity contribution in [1.82, 2.24) is 9.55 Å². The third-order valence-corrected chi connectivity index (χ3v) is 5.10. The minimum atomic E-state index is -3.83. The first kappa shape index (κ1) is 21.0. The zero-order valence-corrected chi connectivity index (χ0v) is 14.5. The van der Waals surface area contributed by atoms with Crippen molar-refractivity contribution in [3.63, 3.8) is 0 Å². The standard InChI is InChI=1S/C15H21FN2O10/c1-5(20)10-8(22)9(23)12(27-10)15(18-3-2-7(21)17-13(18)25)14(16,26)11(24)6(4-19)28-15/h2-3,5-6,8-12,19-20,22-24,26H,4H2,1H3,(H,17,21,25)/t5?,6-,8-,9-,10+,11-,12+,14-,15-/m1/s1. The molecular weight excluding hydrogens is 387 g/mol. The molecule has 9 atom stereocenters. The number of ether oxygens (including phenoxy) is 2. The first-order valence-electron chi connectivity index (χ1n) is 8.39. The number of aliphatic hydroxyl groups excluding tert-OH is 5. The van der Waals surface area contributed by atoms with Gasteiger partial charge in [0.1, 0.15) is 36.6 Å². The molecule has 12 nitrogen and oxygen atoms in total. The molecule has 0 bridgehead atoms. The number of aromatic amines is 1. The van der Waals surface area contributed by atoms with Gasteiger partial charge >= 0.3 is 5.69 Å². The van der Waals surface area contributed by atoms with Crippen molar-refractivity contribution >= 4 is 0 Å². The van der Waals surface area contributed by atoms with Crippen LogP contribution in [0.3, 0.4) is 0 Å². The van der Waals surface area contributed by atoms with Gasteiger partial charge in [0.05, 0.1) is 12.7 Å². The fourth-order valence-corrected chi connectivity index (χ4v) is 3.71. The zero-order valence-electron chi connectivity index (χ0n) is 14.5. The second kappa shape index (κ2) is 6.96. The molecule has 2 aliphatic heterocycles. The summed E-state index contributed by atoms with van der Waals surface area (Å²) in [5, 5.41) is 60.2. The van der Waals surface area contributed by atoms with Crippen molar-refractivity contribution in [2.75, 3.05) is 6.61 Å². The Morgan fingerprint density at radius 1 is 1.32 bits per heavy atom. The highest BCUT2D eigenvalue weighted by Gasteiger charge is 2.75. The number of halogens is 1. The molecule has 0 aliphatic carbocycles. The SMILES string of the molecule is CC(O)[C@@H]1O[C@H]([C@@]2(n3ccc(=O)[nH]c3=O)O[C@H](CO)[C@@H](O)[C@]2(O)F)[C@H](O)[C@H]1O. The lowest BCUT2D eigenvalue weighted by Crippen LogP contribution is -2.66. The van der Waals surface area contributed by atoms with Gasteiger partial charge in [-0.05, 0) is 6.92 Å². The second-order valence-corrected chi connectivity index (χ2v) is 6.88. The maximum atomic E-state index is 15.5. The van der Waals surface area contributed by atoms with Crippen molar-refractivity contribution in [3.8, 4) is 0 Å². The third-order valence-electron chi connectivity index (χ3n) is 5.10. The zero-order chi connectivity index (χ0) is 21.0. The van der Waals surface area contributed by atoms with Crippen molar-refractivity contribution in [3.05, 3.63) is 33.1 Å². The van der Waals surface area contributed by atoms with E-state index >= 15 is 4.39 Å². The molecule has 2 saturated heterocycles. The Morgan fingerprint density at radius 3 is 2.43 bits per heavy atom. The van der Waals surface area contributed by atoms with E-state index in [2.05, 4.69) is 0 Å². The summed E-state index contributed by atoms with van der Waals surface area (Å²) in [6.07, 6.45) is -12.0. The molecule has 0 aromatic carbocycles. The first-order valence-corrected chi connectivity index (χ1v) is 8.39. The Bertz CT molecular complexity index is 841. The van der Waals surface area contributed by atoms with E-state index in [1.807, 2.05) is 4.98 Å². The lowest BCUT2D eigenvalue weighted by Gasteiger charge is -2.41. The van der Waals surface area contributed by atoms with E-state index in [1.165, 1.54) is 6.92 Å². The number of aromatic nitrogens is 2. The minimum absolute atomic E-state index is 0.346. The molecule has 1 aromatic heterocycles. The van der Waals surface area contributed by atoms with Crippen LogP contribution in [-0.2, 0) is 15.2 Å². The normalized spacial score (nSPS) is 44.7. The lowest BCUT2D eigenvalue weighted by molar-refractivity contribution is -0.310. The van der Waals surface area contributed by atoms with E-state index in [1.54, 1.807) is 0 Å². The quantitative estimate of drug-likeness (QED) is 0.255. The predicted octanol–water partition coefficient (Wildman–Crippen LogP) is -4.53. The van der Waals surface area contributed by atoms with Crippen LogP contribution in [0.25, 0.3) is 0 Å². The Hall–Kier alpha value is -1.71. The summed E-state index contributed by atoms with van der Waals surface area (Å²) in [5.74, 6) is -3.83. The number of H-pyrrole nitrogens is 1. The average Bonchev–Trinajstić information content (AvgIpc) is 3.02. The highest BCUT2D eigenvalue weighted by atomic mass is 19.2. The van der Waals surface area contributed by atoms with E-state index in [0.717, 1.165) is 12.3 Å². The van der Waals surface area contributed by atoms with E-state index in [-0.39, 0.29) is 0 Å². The Kier molecular flexibility index (Phi) is 5.23. The lowest BCUT2D eigenvalue weighted by atomic mass is 9.90. The molecule has 0 radical (unpaired) electrons. The molecule has 2 aliphatic rings. The van der Waals surface area contributed by atoms with Crippen LogP contribution in [0.4, 0.5) is 4.39 Å². The van der Waals surface area contributed by atoms with Gasteiger partial charge in [0.2, 0.25) is 5.72 Å². The number of hydrogen-bond acceptors (Lipinski definition) is 10. The number of nitrogens with zero attached hydrogens (tertiary/aromatic N) is 1. The molecule has 2 fully saturated rings. The van der Waals surface area contributed by atoms with E-state index in [0.29, 0.717) is 4.57 Å². The highest BCUT2D eigenvalue weighted by Crippen LogP contribution is 2.50. The van der Waals surface area contributed by atoms with Gasteiger partial charge in [0.25, 0.3) is 11.4 Å². The molecule has 0 spiro atoms. The maximum Gasteiger partial charge on any atom is 0.330 e. The molecule has 3 rings (SSSR count). The average molecular weight is 408 g/mol. The van der Waals surface area contributed by atoms with Crippen molar-refractivity contribution < 1.29 is 44.5 Å². The molecule has 1 aromatic rings. The van der Waals surface area contributed by atoms with Gasteiger partial charge in [0.15, 0.2) is 0 Å². The van der Waals surface area contributed by atoms with Gasteiger partial charge in [-0.15, -0.1) is 0 Å². The van der Waals surface area contributed by atoms with Crippen LogP contribution in [0.1, 0.15) is 6.92 Å². The molecule has 1 unspecified atom stereocenters. The minimum Gasteiger partial charge on any atom is -0.394 e. The van der Waals surface area contributed by atoms with Gasteiger partial charge in [-0.1, -0.05) is 0 Å². The summed E-state index contributed by atoms with van der Waals surface area (Å²) in [7, 11) is 0. The molecule has 158 valence electrons. The second-order valence-electron chi connectivity index (χ2n) is 6.88. The van der Waals surface area contributed by atoms with Gasteiger partial charge < -0.3 is 40.1 Å². The summed E-state index contributed by atoms with van der Waals surface area (Å²) in [6, 6.07) is 0.783. The maximum absolute atomic E-state index is 15.5. The van der Waals surface area contributed by atoms with Gasteiger partial charge in [-0.2, -0.15) is 0 Å². The van der Waals surface area contributed by atoms with Crippen LogP contribution < -0.4 is 11.2 Å². The van der Waals surface area contributed by atoms with Crippen LogP contribution in [0.15, 0.2) is 21.9 Å². The topological polar surface area (TPSA) is 195 Å². The summed E-state index contributed by atoms with van der Waals surface area (Å²) in [4.78, 5) is 25.5. The largest absolute Gasteiger partial charge is 0.394 e. The summed E-state index contributed by atoms with van der Waals surface area (Å²) in [6.45, 7) is 0.225. The summed E-state index contributed by atoms with van der Waals surface area (Å²) >= 11 is 0. The number of rotatable bonds is 4. The Balaban J connectivity index is 2.25. The summed E-state index contributed by atoms with van der Waals surface area (Å²) < 4.78 is 26.5. The van der Waals surface area contributed by atoms with Crippen LogP contribution in [0.5, 0.6) is 0 Å². The van der Waals surface area contributed by atoms with Crippen LogP contribution >= 0.6 is 0 Å². The monoisotopic (exact) mass is 408 g/mol. The number of nitrogens with one attached hydrogen (secondary N) is 1. The van der Waals surface area contributed by atoms with E-state index < -0.39 is 72.2 Å². The molecule has 7 N–H and O–H groups in total. The Labute approximate surface area is 156 Å². The summed E-state index contributed by atoms with van der Waals surface area (Å²) in [5.41, 5.74) is -5.18. The van der Waals surface area contributed by atoms with Crippen molar-refractivity contribution in [2.24, 2.45) is 0 Å². The van der Waals surface area contributed by atoms with Gasteiger partial charge in [-0.25, -0.2) is 9.18 Å². The molecule has 0 amide bonds. The van der Waals surface area contributed by atoms with Crippen LogP contribution in [0.2, 0.25) is 0 Å². The smallest absolute Gasteiger partial charge is 0.330 e. The molecular formula is C15H21FN2O10. The first-order chi connectivity index (χ1) is 13.0. The Morgan fingerprint density at radius 2 is 1.96 bits per heavy atom. The van der Waals surface area contributed by atoms with Gasteiger partial charge in [0, 0.05) is 12.3 Å². The molecule has 13 heteroatoms. The van der Waals surface area contributed by atoms with Crippen LogP contribution in [0, 0.1) is 0 Å². The molecule has 0 saturated carbocycles. The van der Waals surface area contributed by atoms with Crippen molar-refractivity contribution in [1.29, 1.82) is 0 Å². The number of alkyl halides is 1.